The van der Waals surface area contributed by atoms with Crippen LogP contribution in [-0.2, 0) is 19.3 Å². The van der Waals surface area contributed by atoms with Crippen LogP contribution in [0.2, 0.25) is 0 Å². The highest BCUT2D eigenvalue weighted by Gasteiger charge is 2.37. The third kappa shape index (κ3) is 9.34. The molecule has 0 N–H and O–H groups in total. The first-order valence-corrected chi connectivity index (χ1v) is 15.2. The minimum atomic E-state index is -2.19. The number of fused-ring (bicyclic) bond motifs is 2. The number of hydroxylamine groups is 4. The zero-order valence-electron chi connectivity index (χ0n) is 26.0. The van der Waals surface area contributed by atoms with E-state index in [-0.39, 0.29) is 13.2 Å². The normalized spacial score (nSPS) is 16.5. The van der Waals surface area contributed by atoms with Crippen LogP contribution < -0.4 is 10.2 Å². The van der Waals surface area contributed by atoms with Crippen molar-refractivity contribution < 1.29 is 48.7 Å². The van der Waals surface area contributed by atoms with Crippen molar-refractivity contribution in [1.29, 1.82) is 0 Å². The fourth-order valence-electron chi connectivity index (χ4n) is 5.08. The van der Waals surface area contributed by atoms with E-state index in [4.69, 9.17) is 29.5 Å². The number of hydrogen-bond donors (Lipinski definition) is 0. The Balaban J connectivity index is 0.000000186. The minimum Gasteiger partial charge on any atom is -0.543 e. The molecular formula is C34H32N4O10-2. The first kappa shape index (κ1) is 35.5. The zero-order valence-corrected chi connectivity index (χ0v) is 26.0. The number of rotatable bonds is 6. The zero-order chi connectivity index (χ0) is 34.5. The summed E-state index contributed by atoms with van der Waals surface area (Å²) in [7, 11) is 0. The van der Waals surface area contributed by atoms with Crippen molar-refractivity contribution in [3.8, 4) is 23.7 Å². The van der Waals surface area contributed by atoms with E-state index in [2.05, 4.69) is 33.5 Å². The summed E-state index contributed by atoms with van der Waals surface area (Å²) in [6.07, 6.45) is 4.92. The van der Waals surface area contributed by atoms with Gasteiger partial charge in [-0.25, -0.2) is 9.68 Å². The van der Waals surface area contributed by atoms with Gasteiger partial charge >= 0.3 is 0 Å². The van der Waals surface area contributed by atoms with Crippen molar-refractivity contribution in [2.24, 2.45) is 0 Å². The molecule has 2 fully saturated rings. The van der Waals surface area contributed by atoms with Crippen LogP contribution in [0.25, 0.3) is 0 Å². The van der Waals surface area contributed by atoms with Gasteiger partial charge < -0.3 is 19.8 Å². The van der Waals surface area contributed by atoms with Crippen molar-refractivity contribution in [3.05, 3.63) is 70.8 Å². The summed E-state index contributed by atoms with van der Waals surface area (Å²) < 4.78 is 0. The molecule has 0 unspecified atom stereocenters. The van der Waals surface area contributed by atoms with Gasteiger partial charge in [0.05, 0.1) is 47.3 Å². The molecule has 0 radical (unpaired) electrons. The van der Waals surface area contributed by atoms with Crippen LogP contribution in [0.1, 0.15) is 67.1 Å². The Morgan fingerprint density at radius 2 is 0.833 bits per heavy atom. The van der Waals surface area contributed by atoms with E-state index < -0.39 is 35.6 Å². The Morgan fingerprint density at radius 1 is 0.542 bits per heavy atom. The molecule has 6 rings (SSSR count). The third-order valence-corrected chi connectivity index (χ3v) is 7.46. The Labute approximate surface area is 276 Å². The maximum Gasteiger partial charge on any atom is 0.285 e. The first-order valence-electron chi connectivity index (χ1n) is 15.2. The molecule has 4 heterocycles. The lowest BCUT2D eigenvalue weighted by Gasteiger charge is -2.11. The summed E-state index contributed by atoms with van der Waals surface area (Å²) in [5, 5.41) is 19.5. The molecule has 14 nitrogen and oxygen atoms in total. The Kier molecular flexibility index (Phi) is 12.9. The number of imide groups is 2. The number of nitrogens with zero attached hydrogens (tertiary/aromatic N) is 4. The van der Waals surface area contributed by atoms with Crippen LogP contribution in [0.4, 0.5) is 0 Å². The summed E-state index contributed by atoms with van der Waals surface area (Å²) >= 11 is 0. The molecule has 4 amide bonds. The summed E-state index contributed by atoms with van der Waals surface area (Å²) in [6.45, 7) is 5.87. The van der Waals surface area contributed by atoms with Crippen molar-refractivity contribution in [3.63, 3.8) is 0 Å². The van der Waals surface area contributed by atoms with Crippen molar-refractivity contribution in [1.82, 2.24) is 19.9 Å². The second-order valence-corrected chi connectivity index (χ2v) is 10.7. The number of carboxylic acid groups (broad SMARTS) is 2. The molecule has 14 heteroatoms. The van der Waals surface area contributed by atoms with E-state index in [1.807, 2.05) is 0 Å². The Morgan fingerprint density at radius 3 is 1.10 bits per heavy atom. The monoisotopic (exact) mass is 656 g/mol. The van der Waals surface area contributed by atoms with E-state index in [1.165, 1.54) is 25.7 Å². The maximum atomic E-state index is 12.0. The molecule has 2 aromatic carbocycles. The number of hydrogen-bond acceptors (Lipinski definition) is 12. The van der Waals surface area contributed by atoms with Crippen LogP contribution in [0.5, 0.6) is 0 Å². The van der Waals surface area contributed by atoms with E-state index in [1.54, 1.807) is 48.5 Å². The SMILES string of the molecule is O=C([O-])C(=O)[O-].O=C1c2ccccc2C(=O)N1OCC#CCN1CCCC1.O=C1c2ccccc2C(=O)N1OCC#CCN1CCCC1. The van der Waals surface area contributed by atoms with E-state index >= 15 is 0 Å². The highest BCUT2D eigenvalue weighted by Crippen LogP contribution is 2.23. The highest BCUT2D eigenvalue weighted by atomic mass is 16.7. The molecule has 4 aliphatic heterocycles. The van der Waals surface area contributed by atoms with E-state index in [9.17, 15) is 19.2 Å². The van der Waals surface area contributed by atoms with Crippen LogP contribution in [0, 0.1) is 23.7 Å². The van der Waals surface area contributed by atoms with Gasteiger partial charge in [0.25, 0.3) is 23.6 Å². The topological polar surface area (TPSA) is 180 Å². The van der Waals surface area contributed by atoms with Crippen LogP contribution in [0.15, 0.2) is 48.5 Å². The summed E-state index contributed by atoms with van der Waals surface area (Å²) in [6, 6.07) is 13.4. The molecule has 250 valence electrons. The van der Waals surface area contributed by atoms with Gasteiger partial charge in [0.2, 0.25) is 0 Å². The van der Waals surface area contributed by atoms with Crippen molar-refractivity contribution >= 4 is 35.6 Å². The molecule has 4 aliphatic rings. The largest absolute Gasteiger partial charge is 0.543 e. The smallest absolute Gasteiger partial charge is 0.285 e. The lowest BCUT2D eigenvalue weighted by molar-refractivity contribution is -0.345. The van der Waals surface area contributed by atoms with Gasteiger partial charge in [0.1, 0.15) is 13.2 Å². The molecular weight excluding hydrogens is 624 g/mol. The highest BCUT2D eigenvalue weighted by molar-refractivity contribution is 6.25. The molecule has 0 aliphatic carbocycles. The number of benzene rings is 2. The van der Waals surface area contributed by atoms with Gasteiger partial charge in [0, 0.05) is 0 Å². The maximum absolute atomic E-state index is 12.0. The minimum absolute atomic E-state index is 0.0410. The Bertz CT molecular complexity index is 1480. The molecule has 0 atom stereocenters. The van der Waals surface area contributed by atoms with Crippen LogP contribution in [0.3, 0.4) is 0 Å². The number of amides is 4. The number of likely N-dealkylation sites (tertiary alicyclic amines) is 2. The molecule has 0 saturated carbocycles. The lowest BCUT2D eigenvalue weighted by atomic mass is 10.1. The standard InChI is InChI=1S/2C16H16N2O3.C2H2O4/c2*19-15-13-7-1-2-8-14(13)16(20)18(15)21-12-6-5-11-17-9-3-4-10-17;3-1(4)2(5)6/h2*1-2,7-8H,3-4,9-12H2;(H,3,4)(H,5,6)/p-2. The predicted octanol–water partition coefficient (Wildman–Crippen LogP) is -0.887. The average molecular weight is 657 g/mol. The predicted molar refractivity (Wildman–Crippen MR) is 163 cm³/mol. The quantitative estimate of drug-likeness (QED) is 0.213. The van der Waals surface area contributed by atoms with Crippen molar-refractivity contribution in [2.75, 3.05) is 52.5 Å². The first-order chi connectivity index (χ1) is 23.2. The fourth-order valence-corrected chi connectivity index (χ4v) is 5.08. The molecule has 2 saturated heterocycles. The molecule has 0 spiro atoms. The summed E-state index contributed by atoms with van der Waals surface area (Å²) in [5.74, 6) is 5.65. The number of carbonyl (C=O) groups excluding carboxylic acids is 6. The second kappa shape index (κ2) is 17.5. The molecule has 2 aromatic rings. The molecule has 0 bridgehead atoms. The summed E-state index contributed by atoms with van der Waals surface area (Å²) in [5.41, 5.74) is 1.53. The van der Waals surface area contributed by atoms with Gasteiger partial charge in [0.15, 0.2) is 0 Å². The van der Waals surface area contributed by atoms with Crippen molar-refractivity contribution in [2.45, 2.75) is 25.7 Å². The van der Waals surface area contributed by atoms with E-state index in [0.29, 0.717) is 35.3 Å². The fraction of sp³-hybridized carbons (Fsp3) is 0.353. The van der Waals surface area contributed by atoms with Gasteiger partial charge in [-0.2, -0.15) is 0 Å². The average Bonchev–Trinajstić information content (AvgIpc) is 3.89. The van der Waals surface area contributed by atoms with Crippen LogP contribution in [-0.4, -0.2) is 108 Å². The van der Waals surface area contributed by atoms with Crippen LogP contribution >= 0.6 is 0 Å². The van der Waals surface area contributed by atoms with E-state index in [0.717, 1.165) is 36.3 Å². The van der Waals surface area contributed by atoms with Gasteiger partial charge in [-0.05, 0) is 76.1 Å². The number of carbonyl (C=O) groups is 6. The summed E-state index contributed by atoms with van der Waals surface area (Å²) in [4.78, 5) is 80.8. The van der Waals surface area contributed by atoms with Gasteiger partial charge in [-0.3, -0.25) is 29.0 Å². The lowest BCUT2D eigenvalue weighted by Crippen LogP contribution is -2.42. The third-order valence-electron chi connectivity index (χ3n) is 7.46. The number of aliphatic carboxylic acids is 2. The van der Waals surface area contributed by atoms with Gasteiger partial charge in [-0.1, -0.05) is 47.9 Å². The number of carboxylic acids is 2. The molecule has 0 aromatic heterocycles. The second-order valence-electron chi connectivity index (χ2n) is 10.7. The molecule has 48 heavy (non-hydrogen) atoms. The Hall–Kier alpha value is -5.38. The van der Waals surface area contributed by atoms with Gasteiger partial charge in [-0.15, -0.1) is 10.1 Å².